The van der Waals surface area contributed by atoms with Crippen molar-refractivity contribution in [2.24, 2.45) is 0 Å². The number of anilines is 2. The number of carbonyl (C=O) groups is 1. The van der Waals surface area contributed by atoms with Crippen LogP contribution in [0.4, 0.5) is 20.2 Å². The maximum Gasteiger partial charge on any atom is 0.262 e. The predicted molar refractivity (Wildman–Crippen MR) is 139 cm³/mol. The van der Waals surface area contributed by atoms with Crippen molar-refractivity contribution in [2.45, 2.75) is 32.0 Å². The van der Waals surface area contributed by atoms with E-state index in [1.54, 1.807) is 6.07 Å². The van der Waals surface area contributed by atoms with Gasteiger partial charge in [-0.1, -0.05) is 22.0 Å². The molecule has 0 unspecified atom stereocenters. The van der Waals surface area contributed by atoms with Crippen LogP contribution in [-0.2, 0) is 6.54 Å². The SMILES string of the molecule is Cc1cc2cc(N3C(=O)c4ccc(Br)cc4NC34CCN(Cc3ccc(F)c(F)c3)CC4)ccc2o1. The highest BCUT2D eigenvalue weighted by molar-refractivity contribution is 9.10. The molecule has 0 radical (unpaired) electrons. The number of fused-ring (bicyclic) bond motifs is 2. The molecule has 1 N–H and O–H groups in total. The minimum atomic E-state index is -0.841. The molecule has 1 aromatic heterocycles. The summed E-state index contributed by atoms with van der Waals surface area (Å²) >= 11 is 3.53. The molecule has 6 rings (SSSR count). The van der Waals surface area contributed by atoms with Crippen molar-refractivity contribution < 1.29 is 18.0 Å². The molecule has 2 aliphatic rings. The van der Waals surface area contributed by atoms with Crippen LogP contribution in [0.2, 0.25) is 0 Å². The van der Waals surface area contributed by atoms with Gasteiger partial charge in [-0.05, 0) is 67.1 Å². The highest BCUT2D eigenvalue weighted by Gasteiger charge is 2.47. The smallest absolute Gasteiger partial charge is 0.262 e. The van der Waals surface area contributed by atoms with E-state index in [-0.39, 0.29) is 5.91 Å². The molecule has 0 atom stereocenters. The Hall–Kier alpha value is -3.23. The lowest BCUT2D eigenvalue weighted by atomic mass is 9.89. The number of piperidine rings is 1. The molecule has 5 nitrogen and oxygen atoms in total. The van der Waals surface area contributed by atoms with Gasteiger partial charge in [-0.15, -0.1) is 0 Å². The normalized spacial score (nSPS) is 17.4. The molecule has 0 saturated carbocycles. The molecule has 1 amide bonds. The lowest BCUT2D eigenvalue weighted by Crippen LogP contribution is -2.64. The number of nitrogens with one attached hydrogen (secondary N) is 1. The number of nitrogens with zero attached hydrogens (tertiary/aromatic N) is 2. The number of furan rings is 1. The molecule has 8 heteroatoms. The minimum absolute atomic E-state index is 0.0510. The number of hydrogen-bond donors (Lipinski definition) is 1. The van der Waals surface area contributed by atoms with Gasteiger partial charge in [-0.2, -0.15) is 0 Å². The van der Waals surface area contributed by atoms with E-state index in [0.717, 1.165) is 38.1 Å². The molecule has 1 spiro atoms. The molecule has 3 aromatic carbocycles. The van der Waals surface area contributed by atoms with Crippen LogP contribution < -0.4 is 10.2 Å². The van der Waals surface area contributed by atoms with E-state index in [0.29, 0.717) is 38.0 Å². The molecule has 4 aromatic rings. The van der Waals surface area contributed by atoms with Gasteiger partial charge in [0.1, 0.15) is 17.0 Å². The summed E-state index contributed by atoms with van der Waals surface area (Å²) < 4.78 is 33.7. The zero-order valence-electron chi connectivity index (χ0n) is 19.7. The van der Waals surface area contributed by atoms with Crippen LogP contribution in [0.5, 0.6) is 0 Å². The fourth-order valence-corrected chi connectivity index (χ4v) is 5.78. The van der Waals surface area contributed by atoms with E-state index in [2.05, 4.69) is 26.1 Å². The second kappa shape index (κ2) is 8.71. The van der Waals surface area contributed by atoms with Crippen LogP contribution in [0, 0.1) is 18.6 Å². The highest BCUT2D eigenvalue weighted by Crippen LogP contribution is 2.42. The van der Waals surface area contributed by atoms with Crippen molar-refractivity contribution in [2.75, 3.05) is 23.3 Å². The average Bonchev–Trinajstić information content (AvgIpc) is 3.22. The number of benzene rings is 3. The van der Waals surface area contributed by atoms with Crippen LogP contribution >= 0.6 is 15.9 Å². The number of halogens is 3. The Kier molecular flexibility index (Phi) is 5.61. The van der Waals surface area contributed by atoms with E-state index in [9.17, 15) is 13.6 Å². The van der Waals surface area contributed by atoms with Crippen molar-refractivity contribution in [1.29, 1.82) is 0 Å². The van der Waals surface area contributed by atoms with Crippen molar-refractivity contribution in [3.63, 3.8) is 0 Å². The largest absolute Gasteiger partial charge is 0.461 e. The van der Waals surface area contributed by atoms with Gasteiger partial charge in [0.25, 0.3) is 5.91 Å². The molecule has 36 heavy (non-hydrogen) atoms. The Morgan fingerprint density at radius 3 is 2.58 bits per heavy atom. The van der Waals surface area contributed by atoms with Crippen molar-refractivity contribution in [1.82, 2.24) is 4.90 Å². The zero-order valence-corrected chi connectivity index (χ0v) is 21.2. The van der Waals surface area contributed by atoms with E-state index >= 15 is 0 Å². The molecule has 0 bridgehead atoms. The average molecular weight is 552 g/mol. The fourth-order valence-electron chi connectivity index (χ4n) is 5.42. The third kappa shape index (κ3) is 3.98. The molecule has 0 aliphatic carbocycles. The number of hydrogen-bond acceptors (Lipinski definition) is 4. The first-order chi connectivity index (χ1) is 17.3. The summed E-state index contributed by atoms with van der Waals surface area (Å²) in [6.45, 7) is 3.80. The standard InChI is InChI=1S/C28H24BrF2N3O2/c1-17-12-19-14-21(4-7-26(19)36-17)34-27(35)22-5-3-20(29)15-25(22)32-28(34)8-10-33(11-9-28)16-18-2-6-23(30)24(31)13-18/h2-7,12-15,32H,8-11,16H2,1H3. The first-order valence-corrected chi connectivity index (χ1v) is 12.7. The van der Waals surface area contributed by atoms with Gasteiger partial charge in [0, 0.05) is 53.7 Å². The zero-order chi connectivity index (χ0) is 25.0. The van der Waals surface area contributed by atoms with Crippen molar-refractivity contribution >= 4 is 44.2 Å². The monoisotopic (exact) mass is 551 g/mol. The third-order valence-electron chi connectivity index (χ3n) is 7.17. The Balaban J connectivity index is 1.34. The fraction of sp³-hybridized carbons (Fsp3) is 0.250. The molecule has 2 aliphatic heterocycles. The highest BCUT2D eigenvalue weighted by atomic mass is 79.9. The van der Waals surface area contributed by atoms with Gasteiger partial charge in [0.05, 0.1) is 5.56 Å². The maximum absolute atomic E-state index is 13.9. The Morgan fingerprint density at radius 1 is 1.00 bits per heavy atom. The van der Waals surface area contributed by atoms with Gasteiger partial charge in [0.15, 0.2) is 11.6 Å². The first kappa shape index (κ1) is 23.2. The summed E-state index contributed by atoms with van der Waals surface area (Å²) in [6, 6.07) is 17.5. The van der Waals surface area contributed by atoms with Crippen molar-refractivity contribution in [3.05, 3.63) is 93.7 Å². The van der Waals surface area contributed by atoms with Gasteiger partial charge < -0.3 is 9.73 Å². The summed E-state index contributed by atoms with van der Waals surface area (Å²) in [5, 5.41) is 4.65. The quantitative estimate of drug-likeness (QED) is 0.302. The van der Waals surface area contributed by atoms with Crippen LogP contribution in [0.25, 0.3) is 11.0 Å². The Labute approximate surface area is 215 Å². The minimum Gasteiger partial charge on any atom is -0.461 e. The van der Waals surface area contributed by atoms with Crippen molar-refractivity contribution in [3.8, 4) is 0 Å². The molecule has 1 saturated heterocycles. The first-order valence-electron chi connectivity index (χ1n) is 11.9. The molecular formula is C28H24BrF2N3O2. The summed E-state index contributed by atoms with van der Waals surface area (Å²) in [5.41, 5.74) is 3.12. The van der Waals surface area contributed by atoms with E-state index in [4.69, 9.17) is 4.42 Å². The molecule has 1 fully saturated rings. The van der Waals surface area contributed by atoms with E-state index in [1.165, 1.54) is 12.1 Å². The Bertz CT molecular complexity index is 1490. The number of carbonyl (C=O) groups excluding carboxylic acids is 1. The number of amides is 1. The molecular weight excluding hydrogens is 528 g/mol. The van der Waals surface area contributed by atoms with Crippen LogP contribution in [0.15, 0.2) is 69.6 Å². The summed E-state index contributed by atoms with van der Waals surface area (Å²) in [7, 11) is 0. The Morgan fingerprint density at radius 2 is 1.81 bits per heavy atom. The third-order valence-corrected chi connectivity index (χ3v) is 7.66. The summed E-state index contributed by atoms with van der Waals surface area (Å²) in [4.78, 5) is 18.0. The second-order valence-electron chi connectivity index (χ2n) is 9.59. The van der Waals surface area contributed by atoms with Gasteiger partial charge in [-0.3, -0.25) is 14.6 Å². The van der Waals surface area contributed by atoms with Gasteiger partial charge in [-0.25, -0.2) is 8.78 Å². The lowest BCUT2D eigenvalue weighted by molar-refractivity contribution is 0.0904. The van der Waals surface area contributed by atoms with Crippen LogP contribution in [0.1, 0.15) is 34.5 Å². The molecule has 3 heterocycles. The van der Waals surface area contributed by atoms with E-state index < -0.39 is 17.3 Å². The number of likely N-dealkylation sites (tertiary alicyclic amines) is 1. The lowest BCUT2D eigenvalue weighted by Gasteiger charge is -2.52. The topological polar surface area (TPSA) is 48.7 Å². The van der Waals surface area contributed by atoms with E-state index in [1.807, 2.05) is 54.3 Å². The van der Waals surface area contributed by atoms with Gasteiger partial charge >= 0.3 is 0 Å². The molecule has 184 valence electrons. The summed E-state index contributed by atoms with van der Waals surface area (Å²) in [6.07, 6.45) is 1.33. The number of aryl methyl sites for hydroxylation is 1. The van der Waals surface area contributed by atoms with Gasteiger partial charge in [0.2, 0.25) is 0 Å². The maximum atomic E-state index is 13.9. The van der Waals surface area contributed by atoms with Crippen LogP contribution in [0.3, 0.4) is 0 Å². The number of rotatable bonds is 3. The predicted octanol–water partition coefficient (Wildman–Crippen LogP) is 6.85. The van der Waals surface area contributed by atoms with Crippen LogP contribution in [-0.4, -0.2) is 29.6 Å². The second-order valence-corrected chi connectivity index (χ2v) is 10.5. The summed E-state index contributed by atoms with van der Waals surface area (Å²) in [5.74, 6) is -0.907.